The molecule has 1 heterocycles. The van der Waals surface area contributed by atoms with E-state index in [4.69, 9.17) is 9.97 Å². The minimum absolute atomic E-state index is 0.131. The third-order valence-electron chi connectivity index (χ3n) is 12.3. The van der Waals surface area contributed by atoms with Crippen LogP contribution in [0.2, 0.25) is 0 Å². The first kappa shape index (κ1) is 34.8. The molecule has 0 saturated heterocycles. The molecule has 0 spiro atoms. The van der Waals surface area contributed by atoms with Gasteiger partial charge in [0.2, 0.25) is 0 Å². The fraction of sp³-hybridized carbons (Fsp3) is 0.0526. The molecule has 1 aromatic heterocycles. The molecule has 0 bridgehead atoms. The van der Waals surface area contributed by atoms with E-state index in [0.717, 1.165) is 33.5 Å². The zero-order chi connectivity index (χ0) is 39.5. The molecule has 0 aliphatic heterocycles. The molecular formula is C57H40N2. The molecule has 11 rings (SSSR count). The van der Waals surface area contributed by atoms with Gasteiger partial charge in [0.1, 0.15) is 0 Å². The molecule has 0 saturated carbocycles. The van der Waals surface area contributed by atoms with Crippen molar-refractivity contribution in [3.05, 3.63) is 217 Å². The number of hydrogen-bond donors (Lipinski definition) is 0. The fourth-order valence-corrected chi connectivity index (χ4v) is 9.40. The van der Waals surface area contributed by atoms with Crippen LogP contribution in [0.25, 0.3) is 100.0 Å². The van der Waals surface area contributed by atoms with Crippen LogP contribution in [0.3, 0.4) is 0 Å². The van der Waals surface area contributed by atoms with E-state index in [-0.39, 0.29) is 5.41 Å². The standard InChI is InChI=1S/C57H40N2/c1-57(2)51-23-13-22-49(54(51)50-33-32-41-16-9-10-19-44(41)55(50)57)47-34-35-48(46-21-12-11-20-45(46)47)53-36-52(58-56(59-53)43-17-7-4-8-18-43)42-30-28-40(29-31-42)39-26-24-38(25-27-39)37-14-5-3-6-15-37/h3-36H,1-2H3. The lowest BCUT2D eigenvalue weighted by molar-refractivity contribution is 0.666. The number of hydrogen-bond acceptors (Lipinski definition) is 2. The third kappa shape index (κ3) is 5.87. The van der Waals surface area contributed by atoms with E-state index in [1.165, 1.54) is 71.8 Å². The van der Waals surface area contributed by atoms with Gasteiger partial charge in [-0.05, 0) is 83.2 Å². The number of benzene rings is 9. The molecule has 1 aliphatic carbocycles. The highest BCUT2D eigenvalue weighted by Gasteiger charge is 2.38. The van der Waals surface area contributed by atoms with Crippen LogP contribution < -0.4 is 0 Å². The van der Waals surface area contributed by atoms with Gasteiger partial charge in [0, 0.05) is 22.1 Å². The Morgan fingerprint density at radius 1 is 0.339 bits per heavy atom. The Balaban J connectivity index is 1.02. The van der Waals surface area contributed by atoms with Crippen LogP contribution in [0.5, 0.6) is 0 Å². The van der Waals surface area contributed by atoms with E-state index < -0.39 is 0 Å². The first-order chi connectivity index (χ1) is 29.0. The lowest BCUT2D eigenvalue weighted by Gasteiger charge is -2.23. The largest absolute Gasteiger partial charge is 0.228 e. The van der Waals surface area contributed by atoms with Gasteiger partial charge in [0.05, 0.1) is 11.4 Å². The van der Waals surface area contributed by atoms with Crippen molar-refractivity contribution < 1.29 is 0 Å². The average molecular weight is 753 g/mol. The van der Waals surface area contributed by atoms with Gasteiger partial charge in [-0.25, -0.2) is 9.97 Å². The Kier molecular flexibility index (Phi) is 8.20. The number of rotatable bonds is 6. The fourth-order valence-electron chi connectivity index (χ4n) is 9.40. The van der Waals surface area contributed by atoms with Crippen molar-refractivity contribution in [3.63, 3.8) is 0 Å². The molecular weight excluding hydrogens is 713 g/mol. The summed E-state index contributed by atoms with van der Waals surface area (Å²) in [4.78, 5) is 10.5. The van der Waals surface area contributed by atoms with Crippen molar-refractivity contribution in [1.29, 1.82) is 0 Å². The summed E-state index contributed by atoms with van der Waals surface area (Å²) in [5.41, 5.74) is 17.5. The van der Waals surface area contributed by atoms with E-state index in [9.17, 15) is 0 Å². The van der Waals surface area contributed by atoms with E-state index in [1.807, 2.05) is 18.2 Å². The van der Waals surface area contributed by atoms with Gasteiger partial charge in [-0.2, -0.15) is 0 Å². The van der Waals surface area contributed by atoms with Crippen molar-refractivity contribution in [2.24, 2.45) is 0 Å². The molecule has 0 fully saturated rings. The Hall–Kier alpha value is -7.42. The minimum Gasteiger partial charge on any atom is -0.228 e. The van der Waals surface area contributed by atoms with Crippen molar-refractivity contribution >= 4 is 21.5 Å². The number of aromatic nitrogens is 2. The van der Waals surface area contributed by atoms with E-state index in [1.54, 1.807) is 0 Å². The zero-order valence-corrected chi connectivity index (χ0v) is 33.0. The quantitative estimate of drug-likeness (QED) is 0.169. The van der Waals surface area contributed by atoms with Crippen LogP contribution in [0.1, 0.15) is 25.0 Å². The lowest BCUT2D eigenvalue weighted by atomic mass is 9.80. The van der Waals surface area contributed by atoms with Crippen LogP contribution in [0, 0.1) is 0 Å². The van der Waals surface area contributed by atoms with Crippen molar-refractivity contribution in [2.45, 2.75) is 19.3 Å². The Labute approximate surface area is 345 Å². The lowest BCUT2D eigenvalue weighted by Crippen LogP contribution is -2.15. The monoisotopic (exact) mass is 752 g/mol. The number of fused-ring (bicyclic) bond motifs is 6. The summed E-state index contributed by atoms with van der Waals surface area (Å²) in [6.45, 7) is 4.76. The van der Waals surface area contributed by atoms with E-state index >= 15 is 0 Å². The van der Waals surface area contributed by atoms with E-state index in [0.29, 0.717) is 5.82 Å². The molecule has 278 valence electrons. The summed E-state index contributed by atoms with van der Waals surface area (Å²) in [6.07, 6.45) is 0. The normalized spacial score (nSPS) is 12.7. The average Bonchev–Trinajstić information content (AvgIpc) is 3.55. The molecule has 0 N–H and O–H groups in total. The first-order valence-electron chi connectivity index (χ1n) is 20.4. The predicted molar refractivity (Wildman–Crippen MR) is 247 cm³/mol. The topological polar surface area (TPSA) is 25.8 Å². The summed E-state index contributed by atoms with van der Waals surface area (Å²) in [5.74, 6) is 0.707. The van der Waals surface area contributed by atoms with Crippen LogP contribution >= 0.6 is 0 Å². The molecule has 0 unspecified atom stereocenters. The minimum atomic E-state index is -0.131. The second-order valence-electron chi connectivity index (χ2n) is 16.1. The van der Waals surface area contributed by atoms with Crippen LogP contribution in [-0.4, -0.2) is 9.97 Å². The molecule has 0 amide bonds. The summed E-state index contributed by atoms with van der Waals surface area (Å²) in [5, 5.41) is 4.98. The number of nitrogens with zero attached hydrogens (tertiary/aromatic N) is 2. The predicted octanol–water partition coefficient (Wildman–Crippen LogP) is 15.1. The first-order valence-corrected chi connectivity index (χ1v) is 20.4. The van der Waals surface area contributed by atoms with Gasteiger partial charge in [-0.15, -0.1) is 0 Å². The van der Waals surface area contributed by atoms with Gasteiger partial charge in [-0.1, -0.05) is 214 Å². The zero-order valence-electron chi connectivity index (χ0n) is 33.0. The molecule has 2 nitrogen and oxygen atoms in total. The molecule has 2 heteroatoms. The molecule has 0 radical (unpaired) electrons. The highest BCUT2D eigenvalue weighted by atomic mass is 14.9. The summed E-state index contributed by atoms with van der Waals surface area (Å²) >= 11 is 0. The second-order valence-corrected chi connectivity index (χ2v) is 16.1. The Morgan fingerprint density at radius 3 is 1.53 bits per heavy atom. The molecule has 9 aromatic carbocycles. The van der Waals surface area contributed by atoms with Gasteiger partial charge < -0.3 is 0 Å². The summed E-state index contributed by atoms with van der Waals surface area (Å²) in [6, 6.07) is 74.2. The van der Waals surface area contributed by atoms with Gasteiger partial charge in [0.25, 0.3) is 0 Å². The van der Waals surface area contributed by atoms with Crippen molar-refractivity contribution in [3.8, 4) is 78.4 Å². The van der Waals surface area contributed by atoms with Gasteiger partial charge >= 0.3 is 0 Å². The highest BCUT2D eigenvalue weighted by molar-refractivity contribution is 6.09. The summed E-state index contributed by atoms with van der Waals surface area (Å²) in [7, 11) is 0. The highest BCUT2D eigenvalue weighted by Crippen LogP contribution is 2.55. The maximum atomic E-state index is 5.27. The molecule has 1 aliphatic rings. The SMILES string of the molecule is CC1(C)c2cccc(-c3ccc(-c4cc(-c5ccc(-c6ccc(-c7ccccc7)cc6)cc5)nc(-c5ccccc5)n4)c4ccccc34)c2-c2ccc3ccccc3c21. The molecule has 0 atom stereocenters. The maximum absolute atomic E-state index is 5.27. The molecule has 59 heavy (non-hydrogen) atoms. The van der Waals surface area contributed by atoms with Crippen molar-refractivity contribution in [1.82, 2.24) is 9.97 Å². The van der Waals surface area contributed by atoms with Gasteiger partial charge in [-0.3, -0.25) is 0 Å². The Bertz CT molecular complexity index is 3200. The smallest absolute Gasteiger partial charge is 0.160 e. The van der Waals surface area contributed by atoms with Crippen molar-refractivity contribution in [2.75, 3.05) is 0 Å². The van der Waals surface area contributed by atoms with E-state index in [2.05, 4.69) is 202 Å². The van der Waals surface area contributed by atoms with Gasteiger partial charge in [0.15, 0.2) is 5.82 Å². The maximum Gasteiger partial charge on any atom is 0.160 e. The second kappa shape index (κ2) is 13.9. The Morgan fingerprint density at radius 2 is 0.847 bits per heavy atom. The third-order valence-corrected chi connectivity index (χ3v) is 12.3. The van der Waals surface area contributed by atoms with Crippen LogP contribution in [-0.2, 0) is 5.41 Å². The van der Waals surface area contributed by atoms with Crippen LogP contribution in [0.15, 0.2) is 206 Å². The van der Waals surface area contributed by atoms with Crippen LogP contribution in [0.4, 0.5) is 0 Å². The summed E-state index contributed by atoms with van der Waals surface area (Å²) < 4.78 is 0. The molecule has 10 aromatic rings.